The van der Waals surface area contributed by atoms with Gasteiger partial charge in [-0.2, -0.15) is 8.42 Å². The molecule has 3 N–H and O–H groups in total. The van der Waals surface area contributed by atoms with E-state index >= 15 is 0 Å². The van der Waals surface area contributed by atoms with Crippen molar-refractivity contribution >= 4 is 65.9 Å². The smallest absolute Gasteiger partial charge is 0.344 e. The molecule has 4 aromatic rings. The normalized spacial score (nSPS) is 12.4. The number of benzene rings is 3. The molecule has 0 atom stereocenters. The summed E-state index contributed by atoms with van der Waals surface area (Å²) in [6.45, 7) is 4.40. The molecule has 15 nitrogen and oxygen atoms in total. The topological polar surface area (TPSA) is 229 Å². The zero-order valence-corrected chi connectivity index (χ0v) is 29.1. The van der Waals surface area contributed by atoms with E-state index in [1.165, 1.54) is 57.2 Å². The van der Waals surface area contributed by atoms with Gasteiger partial charge in [0.1, 0.15) is 10.5 Å². The zero-order valence-electron chi connectivity index (χ0n) is 27.5. The van der Waals surface area contributed by atoms with Crippen molar-refractivity contribution in [1.29, 1.82) is 0 Å². The number of ether oxygens (including phenoxy) is 3. The van der Waals surface area contributed by atoms with Crippen LogP contribution in [0.1, 0.15) is 53.5 Å². The molecule has 0 radical (unpaired) electrons. The fourth-order valence-corrected chi connectivity index (χ4v) is 7.87. The predicted molar refractivity (Wildman–Crippen MR) is 182 cm³/mol. The zero-order chi connectivity index (χ0) is 37.2. The number of rotatable bonds is 13. The second-order valence-electron chi connectivity index (χ2n) is 11.1. The molecule has 0 saturated carbocycles. The predicted octanol–water partition coefficient (Wildman–Crippen LogP) is 3.81. The summed E-state index contributed by atoms with van der Waals surface area (Å²) >= 11 is 0. The van der Waals surface area contributed by atoms with E-state index in [0.717, 1.165) is 6.07 Å². The van der Waals surface area contributed by atoms with Gasteiger partial charge in [0.05, 0.1) is 47.2 Å². The Balaban J connectivity index is 1.66. The minimum absolute atomic E-state index is 0.0406. The maximum atomic E-state index is 14.1. The standard InChI is InChI=1S/C34H32N2O13S2/c1-4-47-32(39)22(33(40)48-5-2)14-15-50(42,43)19-11-9-10-18(16-19)35-23-17-24(51(44,45)46)29-27-25(28(31(38)36-29)34(41)49-6-3)20-12-7-8-13-21(20)30(37)26(23)27/h7-13,16-17,22,35H,4-6,14-15H2,1-3H3,(H,36,38)(H,44,45,46). The number of H-pyrrole nitrogens is 1. The number of anilines is 2. The molecule has 268 valence electrons. The number of sulfone groups is 1. The first-order valence-corrected chi connectivity index (χ1v) is 18.7. The first kappa shape index (κ1) is 36.9. The molecule has 17 heteroatoms. The van der Waals surface area contributed by atoms with Crippen LogP contribution in [-0.4, -0.2) is 75.6 Å². The van der Waals surface area contributed by atoms with Crippen LogP contribution in [0.15, 0.2) is 69.2 Å². The highest BCUT2D eigenvalue weighted by Gasteiger charge is 2.36. The van der Waals surface area contributed by atoms with Gasteiger partial charge >= 0.3 is 17.9 Å². The molecule has 1 heterocycles. The number of fused-ring (bicyclic) bond motifs is 2. The fourth-order valence-electron chi connectivity index (χ4n) is 5.82. The lowest BCUT2D eigenvalue weighted by Gasteiger charge is -2.25. The van der Waals surface area contributed by atoms with Crippen molar-refractivity contribution < 1.29 is 54.8 Å². The lowest BCUT2D eigenvalue weighted by molar-refractivity contribution is -0.161. The van der Waals surface area contributed by atoms with Crippen LogP contribution in [0.25, 0.3) is 22.0 Å². The Labute approximate surface area is 291 Å². The number of carbonyl (C=O) groups is 4. The molecular formula is C34H32N2O13S2. The van der Waals surface area contributed by atoms with Gasteiger partial charge in [-0.1, -0.05) is 30.3 Å². The number of aromatic nitrogens is 1. The molecule has 0 unspecified atom stereocenters. The Morgan fingerprint density at radius 2 is 1.45 bits per heavy atom. The van der Waals surface area contributed by atoms with Gasteiger partial charge in [-0.25, -0.2) is 13.2 Å². The van der Waals surface area contributed by atoms with Gasteiger partial charge in [-0.05, 0) is 57.0 Å². The number of hydrogen-bond acceptors (Lipinski definition) is 13. The van der Waals surface area contributed by atoms with E-state index in [2.05, 4.69) is 10.3 Å². The van der Waals surface area contributed by atoms with Crippen LogP contribution in [-0.2, 0) is 43.8 Å². The van der Waals surface area contributed by atoms with E-state index in [1.54, 1.807) is 12.1 Å². The van der Waals surface area contributed by atoms with Crippen molar-refractivity contribution in [1.82, 2.24) is 4.98 Å². The summed E-state index contributed by atoms with van der Waals surface area (Å²) in [5.74, 6) is -5.68. The Bertz CT molecular complexity index is 2370. The molecule has 0 bridgehead atoms. The number of ketones is 1. The summed E-state index contributed by atoms with van der Waals surface area (Å²) in [7, 11) is -9.27. The third-order valence-electron chi connectivity index (χ3n) is 7.97. The van der Waals surface area contributed by atoms with Crippen LogP contribution in [0.3, 0.4) is 0 Å². The Morgan fingerprint density at radius 1 is 0.824 bits per heavy atom. The number of nitrogens with one attached hydrogen (secondary N) is 2. The molecule has 0 spiro atoms. The number of aromatic amines is 1. The Kier molecular flexibility index (Phi) is 10.5. The van der Waals surface area contributed by atoms with Crippen LogP contribution in [0, 0.1) is 5.92 Å². The summed E-state index contributed by atoms with van der Waals surface area (Å²) in [6.07, 6.45) is -0.443. The van der Waals surface area contributed by atoms with Crippen molar-refractivity contribution in [3.8, 4) is 11.1 Å². The summed E-state index contributed by atoms with van der Waals surface area (Å²) in [5, 5.41) is 2.69. The third kappa shape index (κ3) is 7.13. The monoisotopic (exact) mass is 740 g/mol. The van der Waals surface area contributed by atoms with Crippen molar-refractivity contribution in [2.75, 3.05) is 30.9 Å². The molecule has 0 aliphatic heterocycles. The maximum absolute atomic E-state index is 14.1. The minimum atomic E-state index is -5.10. The van der Waals surface area contributed by atoms with E-state index in [9.17, 15) is 45.4 Å². The van der Waals surface area contributed by atoms with Crippen molar-refractivity contribution in [2.45, 2.75) is 37.0 Å². The molecule has 3 aromatic carbocycles. The Hall–Kier alpha value is -5.39. The highest BCUT2D eigenvalue weighted by atomic mass is 32.2. The van der Waals surface area contributed by atoms with Crippen LogP contribution < -0.4 is 10.9 Å². The number of carbonyl (C=O) groups excluding carboxylic acids is 4. The second kappa shape index (κ2) is 14.5. The molecule has 51 heavy (non-hydrogen) atoms. The molecule has 0 saturated heterocycles. The summed E-state index contributed by atoms with van der Waals surface area (Å²) < 4.78 is 77.5. The van der Waals surface area contributed by atoms with Gasteiger partial charge in [-0.3, -0.25) is 23.7 Å². The molecule has 1 aromatic heterocycles. The molecule has 1 aliphatic carbocycles. The summed E-state index contributed by atoms with van der Waals surface area (Å²) in [5.41, 5.74) is -2.20. The maximum Gasteiger partial charge on any atom is 0.344 e. The van der Waals surface area contributed by atoms with E-state index in [4.69, 9.17) is 14.2 Å². The van der Waals surface area contributed by atoms with E-state index in [0.29, 0.717) is 0 Å². The summed E-state index contributed by atoms with van der Waals surface area (Å²) in [4.78, 5) is 66.6. The van der Waals surface area contributed by atoms with Gasteiger partial charge in [0.2, 0.25) is 0 Å². The molecular weight excluding hydrogens is 709 g/mol. The molecule has 5 rings (SSSR count). The molecule has 0 fully saturated rings. The van der Waals surface area contributed by atoms with Gasteiger partial charge in [0.15, 0.2) is 21.5 Å². The molecule has 1 aliphatic rings. The van der Waals surface area contributed by atoms with Gasteiger partial charge in [0.25, 0.3) is 15.7 Å². The average Bonchev–Trinajstić information content (AvgIpc) is 3.07. The second-order valence-corrected chi connectivity index (χ2v) is 14.6. The highest BCUT2D eigenvalue weighted by Crippen LogP contribution is 2.45. The van der Waals surface area contributed by atoms with Crippen LogP contribution in [0.4, 0.5) is 11.4 Å². The van der Waals surface area contributed by atoms with Crippen molar-refractivity contribution in [2.24, 2.45) is 5.92 Å². The van der Waals surface area contributed by atoms with E-state index in [-0.39, 0.29) is 63.7 Å². The minimum Gasteiger partial charge on any atom is -0.465 e. The van der Waals surface area contributed by atoms with Crippen molar-refractivity contribution in [3.63, 3.8) is 0 Å². The van der Waals surface area contributed by atoms with Crippen LogP contribution in [0.5, 0.6) is 0 Å². The fraction of sp³-hybridized carbons (Fsp3) is 0.265. The Morgan fingerprint density at radius 3 is 2.06 bits per heavy atom. The number of hydrogen-bond donors (Lipinski definition) is 3. The quantitative estimate of drug-likeness (QED) is 0.0675. The van der Waals surface area contributed by atoms with Crippen molar-refractivity contribution in [3.05, 3.63) is 81.6 Å². The van der Waals surface area contributed by atoms with Gasteiger partial charge in [0, 0.05) is 22.2 Å². The number of pyridine rings is 1. The van der Waals surface area contributed by atoms with Crippen LogP contribution in [0.2, 0.25) is 0 Å². The SMILES string of the molecule is CCOC(=O)c1c2c3c(c(Nc4cccc(S(=O)(=O)CCC(C(=O)OCC)C(=O)OCC)c4)cc(S(=O)(=O)O)c3[nH]c1=O)C(=O)c1ccccc1-2. The van der Waals surface area contributed by atoms with Gasteiger partial charge < -0.3 is 24.5 Å². The first-order chi connectivity index (χ1) is 24.1. The summed E-state index contributed by atoms with van der Waals surface area (Å²) in [6, 6.07) is 12.2. The largest absolute Gasteiger partial charge is 0.465 e. The lowest BCUT2D eigenvalue weighted by atomic mass is 9.81. The lowest BCUT2D eigenvalue weighted by Crippen LogP contribution is -2.30. The highest BCUT2D eigenvalue weighted by molar-refractivity contribution is 7.91. The number of esters is 3. The first-order valence-electron chi connectivity index (χ1n) is 15.6. The third-order valence-corrected chi connectivity index (χ3v) is 10.6. The van der Waals surface area contributed by atoms with E-state index < -0.39 is 83.3 Å². The average molecular weight is 741 g/mol. The van der Waals surface area contributed by atoms with Gasteiger partial charge in [-0.15, -0.1) is 0 Å². The van der Waals surface area contributed by atoms with Crippen LogP contribution >= 0.6 is 0 Å². The van der Waals surface area contributed by atoms with E-state index in [1.807, 2.05) is 0 Å². The molecule has 0 amide bonds.